The lowest BCUT2D eigenvalue weighted by molar-refractivity contribution is -0.136. The van der Waals surface area contributed by atoms with Crippen molar-refractivity contribution in [1.29, 1.82) is 0 Å². The number of hydrogen-bond acceptors (Lipinski definition) is 3. The van der Waals surface area contributed by atoms with Crippen LogP contribution in [0, 0.1) is 13.8 Å². The van der Waals surface area contributed by atoms with Gasteiger partial charge in [0.1, 0.15) is 0 Å². The van der Waals surface area contributed by atoms with Crippen LogP contribution in [0.15, 0.2) is 18.2 Å². The Morgan fingerprint density at radius 1 is 1.05 bits per heavy atom. The smallest absolute Gasteiger partial charge is 0.305 e. The zero-order chi connectivity index (χ0) is 14.4. The monoisotopic (exact) mass is 264 g/mol. The number of aliphatic carboxylic acids is 1. The SMILES string of the molecule is Cc1cc(C)cc(N(CCC(=O)O)CCN(C)C)c1. The molecule has 0 amide bonds. The van der Waals surface area contributed by atoms with Gasteiger partial charge in [0.15, 0.2) is 0 Å². The van der Waals surface area contributed by atoms with Gasteiger partial charge in [-0.3, -0.25) is 4.79 Å². The third-order valence-corrected chi connectivity index (χ3v) is 2.98. The number of anilines is 1. The molecule has 0 saturated heterocycles. The van der Waals surface area contributed by atoms with E-state index < -0.39 is 5.97 Å². The Kier molecular flexibility index (Phi) is 5.83. The van der Waals surface area contributed by atoms with Gasteiger partial charge in [0.05, 0.1) is 6.42 Å². The highest BCUT2D eigenvalue weighted by Gasteiger charge is 2.10. The number of aryl methyl sites for hydroxylation is 2. The van der Waals surface area contributed by atoms with Crippen LogP contribution >= 0.6 is 0 Å². The Hall–Kier alpha value is -1.55. The van der Waals surface area contributed by atoms with E-state index in [0.717, 1.165) is 18.8 Å². The summed E-state index contributed by atoms with van der Waals surface area (Å²) < 4.78 is 0. The predicted octanol–water partition coefficient (Wildman–Crippen LogP) is 2.15. The first-order chi connectivity index (χ1) is 8.88. The van der Waals surface area contributed by atoms with Gasteiger partial charge in [0.25, 0.3) is 0 Å². The van der Waals surface area contributed by atoms with Gasteiger partial charge >= 0.3 is 5.97 Å². The Labute approximate surface area is 115 Å². The van der Waals surface area contributed by atoms with Crippen molar-refractivity contribution in [2.24, 2.45) is 0 Å². The fourth-order valence-corrected chi connectivity index (χ4v) is 2.05. The lowest BCUT2D eigenvalue weighted by Crippen LogP contribution is -2.33. The van der Waals surface area contributed by atoms with Crippen LogP contribution in [-0.2, 0) is 4.79 Å². The van der Waals surface area contributed by atoms with Gasteiger partial charge in [-0.25, -0.2) is 0 Å². The highest BCUT2D eigenvalue weighted by molar-refractivity contribution is 5.67. The van der Waals surface area contributed by atoms with Crippen molar-refractivity contribution >= 4 is 11.7 Å². The van der Waals surface area contributed by atoms with Gasteiger partial charge in [-0.05, 0) is 51.2 Å². The summed E-state index contributed by atoms with van der Waals surface area (Å²) in [6.45, 7) is 6.43. The van der Waals surface area contributed by atoms with Gasteiger partial charge in [-0.15, -0.1) is 0 Å². The maximum Gasteiger partial charge on any atom is 0.305 e. The maximum absolute atomic E-state index is 10.8. The van der Waals surface area contributed by atoms with Crippen molar-refractivity contribution in [3.05, 3.63) is 29.3 Å². The van der Waals surface area contributed by atoms with Gasteiger partial charge in [-0.2, -0.15) is 0 Å². The minimum absolute atomic E-state index is 0.167. The third-order valence-electron chi connectivity index (χ3n) is 2.98. The minimum atomic E-state index is -0.751. The molecule has 1 rings (SSSR count). The number of carboxylic acid groups (broad SMARTS) is 1. The van der Waals surface area contributed by atoms with E-state index in [1.54, 1.807) is 0 Å². The van der Waals surface area contributed by atoms with Gasteiger partial charge in [-0.1, -0.05) is 6.07 Å². The van der Waals surface area contributed by atoms with Gasteiger partial charge in [0, 0.05) is 25.3 Å². The first-order valence-corrected chi connectivity index (χ1v) is 6.58. The van der Waals surface area contributed by atoms with E-state index >= 15 is 0 Å². The van der Waals surface area contributed by atoms with E-state index in [9.17, 15) is 4.79 Å². The zero-order valence-electron chi connectivity index (χ0n) is 12.3. The maximum atomic E-state index is 10.8. The Morgan fingerprint density at radius 2 is 1.63 bits per heavy atom. The van der Waals surface area contributed by atoms with Crippen molar-refractivity contribution in [3.8, 4) is 0 Å². The minimum Gasteiger partial charge on any atom is -0.481 e. The van der Waals surface area contributed by atoms with Crippen LogP contribution in [0.5, 0.6) is 0 Å². The quantitative estimate of drug-likeness (QED) is 0.819. The zero-order valence-corrected chi connectivity index (χ0v) is 12.3. The van der Waals surface area contributed by atoms with E-state index in [1.807, 2.05) is 14.1 Å². The molecule has 4 nitrogen and oxygen atoms in total. The molecule has 0 atom stereocenters. The number of rotatable bonds is 7. The van der Waals surface area contributed by atoms with Gasteiger partial charge < -0.3 is 14.9 Å². The van der Waals surface area contributed by atoms with Crippen molar-refractivity contribution in [1.82, 2.24) is 4.90 Å². The number of likely N-dealkylation sites (N-methyl/N-ethyl adjacent to an activating group) is 1. The van der Waals surface area contributed by atoms with Crippen LogP contribution in [0.2, 0.25) is 0 Å². The summed E-state index contributed by atoms with van der Waals surface area (Å²) in [6.07, 6.45) is 0.167. The molecular formula is C15H24N2O2. The molecule has 1 aromatic carbocycles. The molecule has 106 valence electrons. The average Bonchev–Trinajstić information content (AvgIpc) is 2.26. The second-order valence-corrected chi connectivity index (χ2v) is 5.28. The second-order valence-electron chi connectivity index (χ2n) is 5.28. The molecule has 1 aromatic rings. The molecular weight excluding hydrogens is 240 g/mol. The number of carbonyl (C=O) groups is 1. The lowest BCUT2D eigenvalue weighted by atomic mass is 10.1. The predicted molar refractivity (Wildman–Crippen MR) is 78.9 cm³/mol. The van der Waals surface area contributed by atoms with Crippen LogP contribution in [0.25, 0.3) is 0 Å². The number of hydrogen-bond donors (Lipinski definition) is 1. The van der Waals surface area contributed by atoms with Crippen molar-refractivity contribution in [2.75, 3.05) is 38.6 Å². The topological polar surface area (TPSA) is 43.8 Å². The summed E-state index contributed by atoms with van der Waals surface area (Å²) in [4.78, 5) is 15.0. The van der Waals surface area contributed by atoms with Crippen LogP contribution in [-0.4, -0.2) is 49.7 Å². The number of benzene rings is 1. The highest BCUT2D eigenvalue weighted by Crippen LogP contribution is 2.19. The standard InChI is InChI=1S/C15H24N2O2/c1-12-9-13(2)11-14(10-12)17(6-5-15(18)19)8-7-16(3)4/h9-11H,5-8H2,1-4H3,(H,18,19). The van der Waals surface area contributed by atoms with E-state index in [0.29, 0.717) is 6.54 Å². The summed E-state index contributed by atoms with van der Waals surface area (Å²) in [7, 11) is 4.05. The molecule has 0 aromatic heterocycles. The van der Waals surface area contributed by atoms with Crippen LogP contribution in [0.3, 0.4) is 0 Å². The number of carboxylic acids is 1. The molecule has 0 aliphatic rings. The summed E-state index contributed by atoms with van der Waals surface area (Å²) in [5.41, 5.74) is 3.53. The summed E-state index contributed by atoms with van der Waals surface area (Å²) in [6, 6.07) is 6.36. The average molecular weight is 264 g/mol. The van der Waals surface area contributed by atoms with Crippen molar-refractivity contribution < 1.29 is 9.90 Å². The van der Waals surface area contributed by atoms with E-state index in [4.69, 9.17) is 5.11 Å². The normalized spacial score (nSPS) is 10.8. The van der Waals surface area contributed by atoms with Crippen molar-refractivity contribution in [3.63, 3.8) is 0 Å². The van der Waals surface area contributed by atoms with E-state index in [1.165, 1.54) is 11.1 Å². The Balaban J connectivity index is 2.83. The van der Waals surface area contributed by atoms with E-state index in [2.05, 4.69) is 41.8 Å². The Morgan fingerprint density at radius 3 is 2.11 bits per heavy atom. The first-order valence-electron chi connectivity index (χ1n) is 6.58. The first kappa shape index (κ1) is 15.5. The molecule has 0 unspecified atom stereocenters. The molecule has 0 spiro atoms. The lowest BCUT2D eigenvalue weighted by Gasteiger charge is -2.26. The van der Waals surface area contributed by atoms with Crippen LogP contribution in [0.4, 0.5) is 5.69 Å². The largest absolute Gasteiger partial charge is 0.481 e. The fourth-order valence-electron chi connectivity index (χ4n) is 2.05. The Bertz CT molecular complexity index is 410. The second kappa shape index (κ2) is 7.14. The van der Waals surface area contributed by atoms with Crippen LogP contribution in [0.1, 0.15) is 17.5 Å². The third kappa shape index (κ3) is 5.75. The molecule has 0 radical (unpaired) electrons. The molecule has 0 fully saturated rings. The molecule has 0 bridgehead atoms. The molecule has 0 saturated carbocycles. The summed E-state index contributed by atoms with van der Waals surface area (Å²) in [5, 5.41) is 8.86. The van der Waals surface area contributed by atoms with E-state index in [-0.39, 0.29) is 6.42 Å². The van der Waals surface area contributed by atoms with Gasteiger partial charge in [0.2, 0.25) is 0 Å². The summed E-state index contributed by atoms with van der Waals surface area (Å²) >= 11 is 0. The molecule has 0 aliphatic heterocycles. The molecule has 0 aliphatic carbocycles. The molecule has 19 heavy (non-hydrogen) atoms. The molecule has 0 heterocycles. The van der Waals surface area contributed by atoms with Crippen molar-refractivity contribution in [2.45, 2.75) is 20.3 Å². The number of nitrogens with zero attached hydrogens (tertiary/aromatic N) is 2. The van der Waals surface area contributed by atoms with Crippen LogP contribution < -0.4 is 4.90 Å². The highest BCUT2D eigenvalue weighted by atomic mass is 16.4. The fraction of sp³-hybridized carbons (Fsp3) is 0.533. The summed E-state index contributed by atoms with van der Waals surface area (Å²) in [5.74, 6) is -0.751. The molecule has 4 heteroatoms. The molecule has 1 N–H and O–H groups in total.